The third kappa shape index (κ3) is 3.29. The first-order chi connectivity index (χ1) is 14.1. The number of aromatic nitrogens is 1. The summed E-state index contributed by atoms with van der Waals surface area (Å²) in [5.41, 5.74) is 1.61. The lowest BCUT2D eigenvalue weighted by Crippen LogP contribution is -2.36. The lowest BCUT2D eigenvalue weighted by Gasteiger charge is -2.26. The number of carbonyl (C=O) groups excluding carboxylic acids is 3. The summed E-state index contributed by atoms with van der Waals surface area (Å²) in [6.07, 6.45) is 3.16. The van der Waals surface area contributed by atoms with Gasteiger partial charge in [-0.15, -0.1) is 0 Å². The number of ketones is 1. The molecule has 0 N–H and O–H groups in total. The number of amides is 2. The molecule has 144 valence electrons. The van der Waals surface area contributed by atoms with Crippen molar-refractivity contribution in [1.82, 2.24) is 9.88 Å². The molecule has 0 bridgehead atoms. The van der Waals surface area contributed by atoms with Crippen LogP contribution in [0.2, 0.25) is 0 Å². The molecule has 4 rings (SSSR count). The van der Waals surface area contributed by atoms with Crippen LogP contribution in [0.15, 0.2) is 79.1 Å². The molecule has 0 radical (unpaired) electrons. The van der Waals surface area contributed by atoms with E-state index in [4.69, 9.17) is 4.74 Å². The van der Waals surface area contributed by atoms with E-state index in [1.165, 1.54) is 0 Å². The maximum atomic E-state index is 13.2. The zero-order valence-corrected chi connectivity index (χ0v) is 15.7. The van der Waals surface area contributed by atoms with E-state index in [9.17, 15) is 14.4 Å². The molecule has 2 unspecified atom stereocenters. The number of rotatable bonds is 4. The highest BCUT2D eigenvalue weighted by atomic mass is 16.5. The van der Waals surface area contributed by atoms with Crippen molar-refractivity contribution in [2.45, 2.75) is 12.0 Å². The van der Waals surface area contributed by atoms with Gasteiger partial charge in [-0.1, -0.05) is 36.4 Å². The van der Waals surface area contributed by atoms with Crippen molar-refractivity contribution >= 4 is 17.6 Å². The van der Waals surface area contributed by atoms with Crippen LogP contribution in [0.4, 0.5) is 0 Å². The van der Waals surface area contributed by atoms with Gasteiger partial charge in [0.2, 0.25) is 5.78 Å². The fourth-order valence-electron chi connectivity index (χ4n) is 3.65. The van der Waals surface area contributed by atoms with Crippen molar-refractivity contribution in [2.24, 2.45) is 0 Å². The van der Waals surface area contributed by atoms with E-state index in [2.05, 4.69) is 4.98 Å². The van der Waals surface area contributed by atoms with Crippen LogP contribution in [0, 0.1) is 0 Å². The van der Waals surface area contributed by atoms with E-state index in [-0.39, 0.29) is 0 Å². The van der Waals surface area contributed by atoms with Gasteiger partial charge in [0.25, 0.3) is 11.8 Å². The summed E-state index contributed by atoms with van der Waals surface area (Å²) < 4.78 is 5.20. The number of imide groups is 1. The number of likely N-dealkylation sites (tertiary alicyclic amines) is 1. The number of nitrogens with zero attached hydrogens (tertiary/aromatic N) is 2. The summed E-state index contributed by atoms with van der Waals surface area (Å²) in [5, 5.41) is 0. The van der Waals surface area contributed by atoms with Crippen LogP contribution < -0.4 is 4.74 Å². The number of pyridine rings is 1. The zero-order valence-electron chi connectivity index (χ0n) is 15.7. The molecule has 0 spiro atoms. The Balaban J connectivity index is 1.84. The van der Waals surface area contributed by atoms with E-state index in [1.54, 1.807) is 86.2 Å². The monoisotopic (exact) mass is 386 g/mol. The lowest BCUT2D eigenvalue weighted by molar-refractivity contribution is -0.139. The van der Waals surface area contributed by atoms with Gasteiger partial charge in [0.15, 0.2) is 0 Å². The standard InChI is InChI=1S/C23H18N2O4/c1-29-18-11-9-15(10-12-18)20-19(17-8-5-13-24-14-17)21(26)23(28)25(20)22(27)16-6-3-2-4-7-16/h2-14,19-20H,1H3. The Morgan fingerprint density at radius 2 is 1.66 bits per heavy atom. The number of Topliss-reactive ketones (excluding diaryl/α,β-unsaturated/α-hetero) is 1. The Bertz CT molecular complexity index is 1050. The van der Waals surface area contributed by atoms with Crippen LogP contribution in [-0.2, 0) is 9.59 Å². The first-order valence-corrected chi connectivity index (χ1v) is 9.12. The summed E-state index contributed by atoms with van der Waals surface area (Å²) >= 11 is 0. The Morgan fingerprint density at radius 3 is 2.28 bits per heavy atom. The second-order valence-corrected chi connectivity index (χ2v) is 6.69. The third-order valence-electron chi connectivity index (χ3n) is 5.05. The van der Waals surface area contributed by atoms with Crippen molar-refractivity contribution < 1.29 is 19.1 Å². The summed E-state index contributed by atoms with van der Waals surface area (Å²) in [6.45, 7) is 0. The number of ether oxygens (including phenoxy) is 1. The van der Waals surface area contributed by atoms with Gasteiger partial charge in [-0.25, -0.2) is 0 Å². The molecule has 2 atom stereocenters. The van der Waals surface area contributed by atoms with Gasteiger partial charge in [-0.05, 0) is 41.5 Å². The SMILES string of the molecule is COc1ccc(C2C(c3cccnc3)C(=O)C(=O)N2C(=O)c2ccccc2)cc1. The molecule has 6 heteroatoms. The molecule has 1 aliphatic rings. The first kappa shape index (κ1) is 18.6. The predicted octanol–water partition coefficient (Wildman–Crippen LogP) is 3.17. The quantitative estimate of drug-likeness (QED) is 0.508. The van der Waals surface area contributed by atoms with Crippen molar-refractivity contribution in [2.75, 3.05) is 7.11 Å². The molecular weight excluding hydrogens is 368 g/mol. The third-order valence-corrected chi connectivity index (χ3v) is 5.05. The van der Waals surface area contributed by atoms with Crippen LogP contribution in [0.3, 0.4) is 0 Å². The molecule has 1 saturated heterocycles. The normalized spacial score (nSPS) is 18.7. The van der Waals surface area contributed by atoms with Crippen LogP contribution in [-0.4, -0.2) is 34.6 Å². The maximum absolute atomic E-state index is 13.2. The second kappa shape index (κ2) is 7.67. The molecule has 2 aromatic carbocycles. The maximum Gasteiger partial charge on any atom is 0.298 e. The van der Waals surface area contributed by atoms with Gasteiger partial charge >= 0.3 is 0 Å². The zero-order chi connectivity index (χ0) is 20.4. The summed E-state index contributed by atoms with van der Waals surface area (Å²) in [6, 6.07) is 18.2. The lowest BCUT2D eigenvalue weighted by atomic mass is 9.87. The number of benzene rings is 2. The van der Waals surface area contributed by atoms with Crippen molar-refractivity contribution in [3.8, 4) is 5.75 Å². The van der Waals surface area contributed by atoms with Gasteiger partial charge in [0, 0.05) is 18.0 Å². The fourth-order valence-corrected chi connectivity index (χ4v) is 3.65. The van der Waals surface area contributed by atoms with Crippen LogP contribution in [0.5, 0.6) is 5.75 Å². The number of carbonyl (C=O) groups is 3. The minimum Gasteiger partial charge on any atom is -0.497 e. The molecule has 1 aliphatic heterocycles. The molecule has 2 heterocycles. The molecular formula is C23H18N2O4. The van der Waals surface area contributed by atoms with Gasteiger partial charge in [0.1, 0.15) is 5.75 Å². The smallest absolute Gasteiger partial charge is 0.298 e. The molecule has 1 fully saturated rings. The second-order valence-electron chi connectivity index (χ2n) is 6.69. The summed E-state index contributed by atoms with van der Waals surface area (Å²) in [7, 11) is 1.56. The molecule has 0 saturated carbocycles. The minimum absolute atomic E-state index is 0.346. The summed E-state index contributed by atoms with van der Waals surface area (Å²) in [5.74, 6) is -2.12. The van der Waals surface area contributed by atoms with Crippen molar-refractivity contribution in [3.05, 3.63) is 95.8 Å². The number of hydrogen-bond acceptors (Lipinski definition) is 5. The van der Waals surface area contributed by atoms with Gasteiger partial charge in [-0.2, -0.15) is 0 Å². The molecule has 0 aliphatic carbocycles. The van der Waals surface area contributed by atoms with E-state index >= 15 is 0 Å². The van der Waals surface area contributed by atoms with Gasteiger partial charge < -0.3 is 4.74 Å². The van der Waals surface area contributed by atoms with E-state index in [0.29, 0.717) is 22.4 Å². The predicted molar refractivity (Wildman–Crippen MR) is 105 cm³/mol. The van der Waals surface area contributed by atoms with Gasteiger partial charge in [-0.3, -0.25) is 24.3 Å². The molecule has 6 nitrogen and oxygen atoms in total. The Labute approximate surface area is 167 Å². The topological polar surface area (TPSA) is 76.6 Å². The number of methoxy groups -OCH3 is 1. The minimum atomic E-state index is -0.822. The van der Waals surface area contributed by atoms with E-state index in [0.717, 1.165) is 4.90 Å². The van der Waals surface area contributed by atoms with Crippen molar-refractivity contribution in [3.63, 3.8) is 0 Å². The van der Waals surface area contributed by atoms with E-state index in [1.807, 2.05) is 0 Å². The Kier molecular flexibility index (Phi) is 4.91. The molecule has 3 aromatic rings. The summed E-state index contributed by atoms with van der Waals surface area (Å²) in [4.78, 5) is 44.2. The molecule has 2 amide bonds. The highest BCUT2D eigenvalue weighted by Gasteiger charge is 2.51. The Hall–Kier alpha value is -3.80. The first-order valence-electron chi connectivity index (χ1n) is 9.12. The average molecular weight is 386 g/mol. The van der Waals surface area contributed by atoms with E-state index < -0.39 is 29.6 Å². The van der Waals surface area contributed by atoms with Crippen LogP contribution in [0.1, 0.15) is 33.4 Å². The average Bonchev–Trinajstić information content (AvgIpc) is 3.05. The van der Waals surface area contributed by atoms with Crippen LogP contribution in [0.25, 0.3) is 0 Å². The largest absolute Gasteiger partial charge is 0.497 e. The van der Waals surface area contributed by atoms with Crippen LogP contribution >= 0.6 is 0 Å². The molecule has 1 aromatic heterocycles. The Morgan fingerprint density at radius 1 is 0.931 bits per heavy atom. The van der Waals surface area contributed by atoms with Gasteiger partial charge in [0.05, 0.1) is 19.1 Å². The fraction of sp³-hybridized carbons (Fsp3) is 0.130. The number of hydrogen-bond donors (Lipinski definition) is 0. The van der Waals surface area contributed by atoms with Crippen molar-refractivity contribution in [1.29, 1.82) is 0 Å². The molecule has 29 heavy (non-hydrogen) atoms. The highest BCUT2D eigenvalue weighted by Crippen LogP contribution is 2.43. The highest BCUT2D eigenvalue weighted by molar-refractivity contribution is 6.43.